The van der Waals surface area contributed by atoms with Gasteiger partial charge in [0.1, 0.15) is 6.10 Å². The zero-order valence-electron chi connectivity index (χ0n) is 25.6. The summed E-state index contributed by atoms with van der Waals surface area (Å²) in [4.78, 5) is 12.4. The molecule has 2 unspecified atom stereocenters. The first kappa shape index (κ1) is 31.4. The lowest BCUT2D eigenvalue weighted by Gasteiger charge is -2.57. The molecule has 0 amide bonds. The fraction of sp³-hybridized carbons (Fsp3) is 0.966. The Kier molecular flexibility index (Phi) is 8.57. The first-order chi connectivity index (χ1) is 17.8. The third-order valence-corrected chi connectivity index (χ3v) is 16.4. The van der Waals surface area contributed by atoms with Crippen molar-refractivity contribution in [3.8, 4) is 0 Å². The van der Waals surface area contributed by atoms with Crippen molar-refractivity contribution >= 4 is 24.4 Å². The second-order valence-electron chi connectivity index (χ2n) is 14.7. The summed E-state index contributed by atoms with van der Waals surface area (Å²) >= 11 is 0. The molecule has 0 radical (unpaired) electrons. The number of hydrogen-bond donors (Lipinski definition) is 0. The summed E-state index contributed by atoms with van der Waals surface area (Å²) in [6.07, 6.45) is 6.78. The fourth-order valence-electron chi connectivity index (χ4n) is 8.19. The molecule has 0 N–H and O–H groups in total. The number of fused-ring (bicyclic) bond motifs is 2. The van der Waals surface area contributed by atoms with Gasteiger partial charge in [0, 0.05) is 36.7 Å². The summed E-state index contributed by atoms with van der Waals surface area (Å²) in [5, 5.41) is 0.0927. The number of rotatable bonds is 7. The maximum absolute atomic E-state index is 12.4. The van der Waals surface area contributed by atoms with Crippen LogP contribution in [-0.4, -0.2) is 66.8 Å². The molecular formula is C29H52O8SSi. The number of carbonyl (C=O) groups excluding carboxylic acids is 1. The van der Waals surface area contributed by atoms with Crippen LogP contribution in [0.1, 0.15) is 86.5 Å². The molecule has 4 rings (SSSR count). The van der Waals surface area contributed by atoms with Crippen molar-refractivity contribution < 1.29 is 36.0 Å². The Morgan fingerprint density at radius 3 is 2.18 bits per heavy atom. The van der Waals surface area contributed by atoms with Crippen LogP contribution in [0.25, 0.3) is 0 Å². The molecule has 10 heteroatoms. The average Bonchev–Trinajstić information content (AvgIpc) is 3.38. The van der Waals surface area contributed by atoms with E-state index in [0.29, 0.717) is 19.6 Å². The highest BCUT2D eigenvalue weighted by Crippen LogP contribution is 2.66. The molecule has 0 aromatic heterocycles. The van der Waals surface area contributed by atoms with Gasteiger partial charge in [-0.15, -0.1) is 0 Å². The molecule has 1 saturated heterocycles. The average molecular weight is 589 g/mol. The third-order valence-electron chi connectivity index (χ3n) is 11.3. The van der Waals surface area contributed by atoms with Crippen LogP contribution >= 0.6 is 0 Å². The molecule has 3 aliphatic carbocycles. The third kappa shape index (κ3) is 5.89. The lowest BCUT2D eigenvalue weighted by atomic mass is 9.51. The van der Waals surface area contributed by atoms with Crippen LogP contribution in [0, 0.1) is 28.6 Å². The van der Waals surface area contributed by atoms with Crippen molar-refractivity contribution in [1.29, 1.82) is 0 Å². The highest BCUT2D eigenvalue weighted by molar-refractivity contribution is 7.85. The van der Waals surface area contributed by atoms with E-state index >= 15 is 0 Å². The minimum Gasteiger partial charge on any atom is -0.462 e. The van der Waals surface area contributed by atoms with Crippen molar-refractivity contribution in [2.45, 2.75) is 123 Å². The minimum atomic E-state index is -3.61. The summed E-state index contributed by atoms with van der Waals surface area (Å²) in [5.74, 6) is -0.585. The van der Waals surface area contributed by atoms with Gasteiger partial charge in [0.05, 0.1) is 26.1 Å². The van der Waals surface area contributed by atoms with Crippen LogP contribution in [-0.2, 0) is 37.7 Å². The van der Waals surface area contributed by atoms with Gasteiger partial charge in [0.15, 0.2) is 14.1 Å². The zero-order chi connectivity index (χ0) is 29.1. The van der Waals surface area contributed by atoms with Gasteiger partial charge < -0.3 is 18.6 Å². The summed E-state index contributed by atoms with van der Waals surface area (Å²) in [5.41, 5.74) is -0.541. The van der Waals surface area contributed by atoms with Gasteiger partial charge in [-0.2, -0.15) is 8.42 Å². The van der Waals surface area contributed by atoms with Gasteiger partial charge in [0.2, 0.25) is 0 Å². The lowest BCUT2D eigenvalue weighted by molar-refractivity contribution is -0.246. The molecule has 1 spiro atoms. The van der Waals surface area contributed by atoms with E-state index in [1.54, 1.807) is 0 Å². The van der Waals surface area contributed by atoms with Crippen LogP contribution in [0.3, 0.4) is 0 Å². The van der Waals surface area contributed by atoms with E-state index in [-0.39, 0.29) is 58.4 Å². The molecular weight excluding hydrogens is 536 g/mol. The SMILES string of the molecule is CC(=O)O[C@H]1C[C@@H](O[Si](C)(C)C(C)(C)C)CC[C@]1(C)C1CC[C@@]2(C)C(CCC23OCCO3)[C@@H]1COS(C)(=O)=O. The molecule has 3 saturated carbocycles. The summed E-state index contributed by atoms with van der Waals surface area (Å²) in [6, 6.07) is 0. The molecule has 39 heavy (non-hydrogen) atoms. The number of carbonyl (C=O) groups is 1. The smallest absolute Gasteiger partial charge is 0.302 e. The maximum atomic E-state index is 12.4. The first-order valence-electron chi connectivity index (χ1n) is 14.8. The van der Waals surface area contributed by atoms with Crippen molar-refractivity contribution in [1.82, 2.24) is 0 Å². The molecule has 0 aromatic carbocycles. The fourth-order valence-corrected chi connectivity index (χ4v) is 10.00. The number of esters is 1. The number of hydrogen-bond acceptors (Lipinski definition) is 8. The quantitative estimate of drug-likeness (QED) is 0.214. The lowest BCUT2D eigenvalue weighted by Crippen LogP contribution is -2.58. The van der Waals surface area contributed by atoms with Crippen molar-refractivity contribution in [3.63, 3.8) is 0 Å². The Bertz CT molecular complexity index is 1020. The van der Waals surface area contributed by atoms with E-state index in [1.807, 2.05) is 0 Å². The summed E-state index contributed by atoms with van der Waals surface area (Å²) in [7, 11) is -5.61. The van der Waals surface area contributed by atoms with E-state index < -0.39 is 24.2 Å². The Balaban J connectivity index is 1.64. The highest BCUT2D eigenvalue weighted by atomic mass is 32.2. The van der Waals surface area contributed by atoms with Gasteiger partial charge >= 0.3 is 5.97 Å². The maximum Gasteiger partial charge on any atom is 0.302 e. The molecule has 1 aliphatic heterocycles. The standard InChI is InChI=1S/C29H52O8SSi/c1-20(30)36-25-18-21(37-39(8,9)26(2,3)4)10-13-27(25,5)23-11-14-28(6)24(22(23)19-35-38(7,31)32)12-15-29(28)33-16-17-34-29/h21-25H,10-19H2,1-9H3/t21-,22+,23?,24?,25-,27+,28-/m0/s1. The van der Waals surface area contributed by atoms with Gasteiger partial charge in [-0.1, -0.05) is 34.6 Å². The predicted molar refractivity (Wildman–Crippen MR) is 152 cm³/mol. The Morgan fingerprint density at radius 1 is 1.00 bits per heavy atom. The van der Waals surface area contributed by atoms with E-state index in [1.165, 1.54) is 6.92 Å². The van der Waals surface area contributed by atoms with Crippen molar-refractivity contribution in [3.05, 3.63) is 0 Å². The van der Waals surface area contributed by atoms with Gasteiger partial charge in [0.25, 0.3) is 10.1 Å². The van der Waals surface area contributed by atoms with Crippen LogP contribution in [0.2, 0.25) is 18.1 Å². The molecule has 4 aliphatic rings. The minimum absolute atomic E-state index is 0.0217. The Labute approximate surface area is 237 Å². The first-order valence-corrected chi connectivity index (χ1v) is 19.5. The van der Waals surface area contributed by atoms with E-state index in [2.05, 4.69) is 47.7 Å². The topological polar surface area (TPSA) is 97.4 Å². The summed E-state index contributed by atoms with van der Waals surface area (Å²) < 4.78 is 55.3. The second-order valence-corrected chi connectivity index (χ2v) is 21.1. The Morgan fingerprint density at radius 2 is 1.62 bits per heavy atom. The van der Waals surface area contributed by atoms with Crippen LogP contribution in [0.4, 0.5) is 0 Å². The normalized spacial score (nSPS) is 39.1. The highest BCUT2D eigenvalue weighted by Gasteiger charge is 2.67. The zero-order valence-corrected chi connectivity index (χ0v) is 27.4. The molecule has 0 aromatic rings. The summed E-state index contributed by atoms with van der Waals surface area (Å²) in [6.45, 7) is 18.6. The molecule has 226 valence electrons. The van der Waals surface area contributed by atoms with Gasteiger partial charge in [-0.25, -0.2) is 0 Å². The number of ether oxygens (including phenoxy) is 3. The monoisotopic (exact) mass is 588 g/mol. The predicted octanol–water partition coefficient (Wildman–Crippen LogP) is 5.66. The Hall–Kier alpha value is -0.523. The molecule has 4 fully saturated rings. The van der Waals surface area contributed by atoms with E-state index in [4.69, 9.17) is 22.8 Å². The molecule has 7 atom stereocenters. The molecule has 8 nitrogen and oxygen atoms in total. The molecule has 1 heterocycles. The largest absolute Gasteiger partial charge is 0.462 e. The van der Waals surface area contributed by atoms with Crippen LogP contribution < -0.4 is 0 Å². The van der Waals surface area contributed by atoms with Crippen molar-refractivity contribution in [2.75, 3.05) is 26.1 Å². The van der Waals surface area contributed by atoms with Gasteiger partial charge in [-0.3, -0.25) is 8.98 Å². The van der Waals surface area contributed by atoms with Crippen molar-refractivity contribution in [2.24, 2.45) is 28.6 Å². The van der Waals surface area contributed by atoms with E-state index in [9.17, 15) is 13.2 Å². The second kappa shape index (κ2) is 10.6. The van der Waals surface area contributed by atoms with E-state index in [0.717, 1.165) is 44.8 Å². The van der Waals surface area contributed by atoms with Crippen LogP contribution in [0.5, 0.6) is 0 Å². The molecule has 0 bridgehead atoms. The van der Waals surface area contributed by atoms with Gasteiger partial charge in [-0.05, 0) is 68.0 Å². The van der Waals surface area contributed by atoms with Crippen LogP contribution in [0.15, 0.2) is 0 Å².